The molecule has 0 unspecified atom stereocenters. The number of benzene rings is 2. The monoisotopic (exact) mass is 406 g/mol. The third-order valence-corrected chi connectivity index (χ3v) is 4.71. The molecule has 0 spiro atoms. The molecule has 28 heavy (non-hydrogen) atoms. The minimum absolute atomic E-state index is 0.0407. The fraction of sp³-hybridized carbons (Fsp3) is 0.273. The van der Waals surface area contributed by atoms with Gasteiger partial charge in [-0.25, -0.2) is 8.42 Å². The first kappa shape index (κ1) is 25.4. The zero-order valence-electron chi connectivity index (χ0n) is 16.5. The van der Waals surface area contributed by atoms with Crippen molar-refractivity contribution in [2.24, 2.45) is 0 Å². The van der Waals surface area contributed by atoms with Crippen molar-refractivity contribution >= 4 is 9.84 Å². The van der Waals surface area contributed by atoms with Crippen molar-refractivity contribution in [1.82, 2.24) is 0 Å². The highest BCUT2D eigenvalue weighted by Crippen LogP contribution is 2.23. The second-order valence-corrected chi connectivity index (χ2v) is 7.68. The van der Waals surface area contributed by atoms with Crippen LogP contribution < -0.4 is 0 Å². The molecule has 0 saturated carbocycles. The van der Waals surface area contributed by atoms with Gasteiger partial charge in [-0.3, -0.25) is 0 Å². The summed E-state index contributed by atoms with van der Waals surface area (Å²) < 4.78 is 26.2. The molecule has 0 aliphatic heterocycles. The third kappa shape index (κ3) is 11.9. The predicted molar refractivity (Wildman–Crippen MR) is 116 cm³/mol. The SMILES string of the molecule is C=CCS(=O)(=O)CC=C.CCOCC.Oc1ccc(-c2ccc(O)cc2)cc1. The van der Waals surface area contributed by atoms with Crippen molar-refractivity contribution in [3.05, 3.63) is 73.8 Å². The van der Waals surface area contributed by atoms with E-state index >= 15 is 0 Å². The van der Waals surface area contributed by atoms with Crippen LogP contribution in [0, 0.1) is 0 Å². The molecular weight excluding hydrogens is 376 g/mol. The Morgan fingerprint density at radius 2 is 1.11 bits per heavy atom. The zero-order chi connectivity index (χ0) is 21.4. The maximum atomic E-state index is 10.7. The lowest BCUT2D eigenvalue weighted by Crippen LogP contribution is -2.06. The second-order valence-electron chi connectivity index (χ2n) is 5.53. The van der Waals surface area contributed by atoms with Crippen LogP contribution in [-0.2, 0) is 14.6 Å². The normalized spacial score (nSPS) is 9.93. The van der Waals surface area contributed by atoms with E-state index in [1.54, 1.807) is 24.3 Å². The summed E-state index contributed by atoms with van der Waals surface area (Å²) in [7, 11) is -2.92. The van der Waals surface area contributed by atoms with Gasteiger partial charge in [0.2, 0.25) is 0 Å². The molecule has 0 bridgehead atoms. The summed E-state index contributed by atoms with van der Waals surface area (Å²) in [5.74, 6) is 0.595. The number of rotatable bonds is 7. The number of sulfone groups is 1. The summed E-state index contributed by atoms with van der Waals surface area (Å²) in [6.07, 6.45) is 2.75. The molecule has 2 rings (SSSR count). The lowest BCUT2D eigenvalue weighted by molar-refractivity contribution is 0.162. The maximum Gasteiger partial charge on any atom is 0.157 e. The van der Waals surface area contributed by atoms with Crippen molar-refractivity contribution < 1.29 is 23.4 Å². The summed E-state index contributed by atoms with van der Waals surface area (Å²) in [4.78, 5) is 0. The van der Waals surface area contributed by atoms with E-state index in [-0.39, 0.29) is 23.0 Å². The fourth-order valence-electron chi connectivity index (χ4n) is 1.94. The first-order valence-electron chi connectivity index (χ1n) is 8.88. The first-order valence-corrected chi connectivity index (χ1v) is 10.7. The smallest absolute Gasteiger partial charge is 0.157 e. The fourth-order valence-corrected chi connectivity index (χ4v) is 2.79. The topological polar surface area (TPSA) is 83.8 Å². The zero-order valence-corrected chi connectivity index (χ0v) is 17.4. The molecule has 154 valence electrons. The summed E-state index contributed by atoms with van der Waals surface area (Å²) in [5.41, 5.74) is 2.03. The van der Waals surface area contributed by atoms with E-state index in [1.807, 2.05) is 38.1 Å². The van der Waals surface area contributed by atoms with Crippen LogP contribution in [0.25, 0.3) is 11.1 Å². The lowest BCUT2D eigenvalue weighted by Gasteiger charge is -2.01. The molecule has 0 amide bonds. The minimum Gasteiger partial charge on any atom is -0.508 e. The van der Waals surface area contributed by atoms with E-state index in [0.29, 0.717) is 0 Å². The lowest BCUT2D eigenvalue weighted by atomic mass is 10.1. The molecule has 2 aromatic carbocycles. The van der Waals surface area contributed by atoms with Crippen LogP contribution in [0.4, 0.5) is 0 Å². The molecule has 0 fully saturated rings. The van der Waals surface area contributed by atoms with E-state index in [2.05, 4.69) is 13.2 Å². The molecule has 0 saturated heterocycles. The number of ether oxygens (including phenoxy) is 1. The molecule has 5 nitrogen and oxygen atoms in total. The Hall–Kier alpha value is -2.57. The van der Waals surface area contributed by atoms with Gasteiger partial charge in [0, 0.05) is 13.2 Å². The van der Waals surface area contributed by atoms with Gasteiger partial charge in [0.25, 0.3) is 0 Å². The third-order valence-electron chi connectivity index (χ3n) is 3.22. The van der Waals surface area contributed by atoms with Crippen molar-refractivity contribution in [2.75, 3.05) is 24.7 Å². The molecule has 0 radical (unpaired) electrons. The van der Waals surface area contributed by atoms with Crippen molar-refractivity contribution in [1.29, 1.82) is 0 Å². The van der Waals surface area contributed by atoms with Gasteiger partial charge < -0.3 is 14.9 Å². The summed E-state index contributed by atoms with van der Waals surface area (Å²) >= 11 is 0. The quantitative estimate of drug-likeness (QED) is 0.658. The molecule has 0 atom stereocenters. The van der Waals surface area contributed by atoms with E-state index in [4.69, 9.17) is 14.9 Å². The number of aromatic hydroxyl groups is 2. The van der Waals surface area contributed by atoms with Gasteiger partial charge in [-0.1, -0.05) is 36.4 Å². The molecule has 0 heterocycles. The number of hydrogen-bond acceptors (Lipinski definition) is 5. The Morgan fingerprint density at radius 1 is 0.786 bits per heavy atom. The number of phenolic OH excluding ortho intramolecular Hbond substituents is 2. The summed E-state index contributed by atoms with van der Waals surface area (Å²) in [6.45, 7) is 12.3. The van der Waals surface area contributed by atoms with E-state index in [1.165, 1.54) is 12.2 Å². The highest BCUT2D eigenvalue weighted by atomic mass is 32.2. The Balaban J connectivity index is 0.000000450. The molecule has 0 aliphatic rings. The minimum atomic E-state index is -2.92. The van der Waals surface area contributed by atoms with Crippen molar-refractivity contribution in [3.63, 3.8) is 0 Å². The highest BCUT2D eigenvalue weighted by Gasteiger charge is 2.02. The molecule has 0 aliphatic carbocycles. The van der Waals surface area contributed by atoms with Crippen LogP contribution in [0.1, 0.15) is 13.8 Å². The summed E-state index contributed by atoms with van der Waals surface area (Å²) in [6, 6.07) is 13.9. The van der Waals surface area contributed by atoms with Gasteiger partial charge in [-0.2, -0.15) is 0 Å². The maximum absolute atomic E-state index is 10.7. The standard InChI is InChI=1S/C12H10O2.C6H10O2S.C4H10O/c13-11-5-1-9(2-6-11)10-3-7-12(14)8-4-10;1-3-5-9(7,8)6-4-2;1-3-5-4-2/h1-8,13-14H;3-4H,1-2,5-6H2;3-4H2,1-2H3. The van der Waals surface area contributed by atoms with Crippen LogP contribution in [0.15, 0.2) is 73.8 Å². The van der Waals surface area contributed by atoms with Gasteiger partial charge >= 0.3 is 0 Å². The van der Waals surface area contributed by atoms with Crippen LogP contribution in [0.3, 0.4) is 0 Å². The average molecular weight is 407 g/mol. The van der Waals surface area contributed by atoms with Gasteiger partial charge in [0.05, 0.1) is 11.5 Å². The molecule has 6 heteroatoms. The average Bonchev–Trinajstić information content (AvgIpc) is 2.65. The van der Waals surface area contributed by atoms with Crippen LogP contribution >= 0.6 is 0 Å². The first-order chi connectivity index (χ1) is 13.3. The van der Waals surface area contributed by atoms with E-state index in [9.17, 15) is 8.42 Å². The Kier molecular flexibility index (Phi) is 13.2. The molecule has 0 aromatic heterocycles. The Labute approximate surface area is 168 Å². The molecule has 2 N–H and O–H groups in total. The van der Waals surface area contributed by atoms with Crippen LogP contribution in [-0.4, -0.2) is 43.4 Å². The number of hydrogen-bond donors (Lipinski definition) is 2. The van der Waals surface area contributed by atoms with Gasteiger partial charge in [-0.15, -0.1) is 13.2 Å². The van der Waals surface area contributed by atoms with E-state index in [0.717, 1.165) is 24.3 Å². The largest absolute Gasteiger partial charge is 0.508 e. The van der Waals surface area contributed by atoms with E-state index < -0.39 is 9.84 Å². The predicted octanol–water partition coefficient (Wildman–Crippen LogP) is 4.58. The molecule has 2 aromatic rings. The van der Waals surface area contributed by atoms with Crippen molar-refractivity contribution in [3.8, 4) is 22.6 Å². The van der Waals surface area contributed by atoms with Crippen molar-refractivity contribution in [2.45, 2.75) is 13.8 Å². The van der Waals surface area contributed by atoms with Crippen LogP contribution in [0.5, 0.6) is 11.5 Å². The Morgan fingerprint density at radius 3 is 1.32 bits per heavy atom. The molecular formula is C22H30O5S. The van der Waals surface area contributed by atoms with Gasteiger partial charge in [0.1, 0.15) is 11.5 Å². The van der Waals surface area contributed by atoms with Gasteiger partial charge in [0.15, 0.2) is 9.84 Å². The highest BCUT2D eigenvalue weighted by molar-refractivity contribution is 7.91. The van der Waals surface area contributed by atoms with Gasteiger partial charge in [-0.05, 0) is 49.2 Å². The van der Waals surface area contributed by atoms with Crippen LogP contribution in [0.2, 0.25) is 0 Å². The Bertz CT molecular complexity index is 717. The number of phenols is 2. The summed E-state index contributed by atoms with van der Waals surface area (Å²) in [5, 5.41) is 18.2. The second kappa shape index (κ2) is 14.5.